The van der Waals surface area contributed by atoms with E-state index in [2.05, 4.69) is 0 Å². The molecule has 47 nitrogen and oxygen atoms in total. The number of anilines is 1. The molecule has 0 saturated carbocycles. The number of hydrogen-bond acceptors (Lipinski definition) is 47. The van der Waals surface area contributed by atoms with E-state index in [0.717, 1.165) is 96.9 Å². The number of nitrogens with two attached hydrogens (primary N) is 1. The Bertz CT molecular complexity index is 3710. The summed E-state index contributed by atoms with van der Waals surface area (Å²) in [6.45, 7) is -19.1. The number of esters is 15. The highest BCUT2D eigenvalue weighted by Gasteiger charge is 2.57. The van der Waals surface area contributed by atoms with E-state index >= 15 is 9.59 Å². The Labute approximate surface area is 736 Å². The van der Waals surface area contributed by atoms with Gasteiger partial charge >= 0.3 is 95.3 Å². The molecule has 0 spiro atoms. The lowest BCUT2D eigenvalue weighted by Gasteiger charge is -2.37. The molecule has 1 aromatic carbocycles. The molecule has 0 saturated heterocycles. The third kappa shape index (κ3) is 29.5. The Kier molecular flexibility index (Phi) is 44.5. The standard InChI is InChI=1S/C81H127NO46/c1-16-80(47-114-52(99)50-18-20-51(82)21-19-50,49-125-61(108)78(14,44-121-65(112)79(15,126-62(109)72(8,32-93)33-94)46-123-57(104)71(7,30-91)31-92)45-122-66(113)81(17-2,127-63(110)73(9,34-95)35-96)128-64(111)74(10,36-97)37-98)48-124-60(107)77(13,42-119-58(105)75(11,38-115-53(100)67(3,22-83)23-84)39-116-54(101)68(4,24-85)25-86)43-120-59(106)76(12,40-117-55(102)69(5,26-87)27-88)41-118-56(103)70(6,28-89)29-90/h18-21,83-98H,16-17,22-49,82H2,1-15H3. The molecule has 1 rings (SSSR count). The van der Waals surface area contributed by atoms with Crippen molar-refractivity contribution < 1.29 is 225 Å². The largest absolute Gasteiger partial charge is 0.464 e. The normalized spacial score (nSPS) is 14.1. The second-order valence-corrected chi connectivity index (χ2v) is 35.2. The van der Waals surface area contributed by atoms with E-state index in [9.17, 15) is 144 Å². The maximum absolute atomic E-state index is 15.5. The van der Waals surface area contributed by atoms with Crippen LogP contribution in [0.4, 0.5) is 5.69 Å². The molecular formula is C81H127NO46. The van der Waals surface area contributed by atoms with Crippen molar-refractivity contribution in [2.24, 2.45) is 70.4 Å². The third-order valence-corrected chi connectivity index (χ3v) is 21.6. The van der Waals surface area contributed by atoms with Crippen LogP contribution >= 0.6 is 0 Å². The van der Waals surface area contributed by atoms with Gasteiger partial charge in [-0.3, -0.25) is 57.5 Å². The van der Waals surface area contributed by atoms with Crippen LogP contribution < -0.4 is 5.73 Å². The molecule has 3 unspecified atom stereocenters. The molecule has 0 aliphatic heterocycles. The van der Waals surface area contributed by atoms with Crippen LogP contribution in [0.2, 0.25) is 0 Å². The predicted octanol–water partition coefficient (Wildman–Crippen LogP) is -5.76. The van der Waals surface area contributed by atoms with Crippen molar-refractivity contribution in [1.82, 2.24) is 0 Å². The van der Waals surface area contributed by atoms with Crippen LogP contribution in [0.15, 0.2) is 24.3 Å². The van der Waals surface area contributed by atoms with Gasteiger partial charge in [-0.1, -0.05) is 13.8 Å². The van der Waals surface area contributed by atoms with E-state index in [1.54, 1.807) is 0 Å². The van der Waals surface area contributed by atoms with E-state index in [0.29, 0.717) is 0 Å². The summed E-state index contributed by atoms with van der Waals surface area (Å²) in [5.41, 5.74) is -27.4. The molecule has 18 N–H and O–H groups in total. The Hall–Kier alpha value is -9.57. The number of hydrogen-bond donors (Lipinski definition) is 17. The minimum atomic E-state index is -3.43. The number of aliphatic hydroxyl groups excluding tert-OH is 16. The van der Waals surface area contributed by atoms with Crippen molar-refractivity contribution >= 4 is 95.2 Å². The quantitative estimate of drug-likeness (QED) is 0.0125. The van der Waals surface area contributed by atoms with Gasteiger partial charge in [0.2, 0.25) is 5.60 Å². The summed E-state index contributed by atoms with van der Waals surface area (Å²) in [4.78, 5) is 213. The van der Waals surface area contributed by atoms with Gasteiger partial charge in [0.25, 0.3) is 0 Å². The highest BCUT2D eigenvalue weighted by Crippen LogP contribution is 2.38. The second-order valence-electron chi connectivity index (χ2n) is 35.2. The van der Waals surface area contributed by atoms with Gasteiger partial charge in [0, 0.05) is 12.1 Å². The van der Waals surface area contributed by atoms with Gasteiger partial charge in [-0.2, -0.15) is 0 Å². The molecule has 0 aliphatic rings. The molecule has 732 valence electrons. The zero-order valence-electron chi connectivity index (χ0n) is 74.5. The van der Waals surface area contributed by atoms with Crippen LogP contribution in [0.5, 0.6) is 0 Å². The van der Waals surface area contributed by atoms with Crippen LogP contribution in [0.25, 0.3) is 0 Å². The van der Waals surface area contributed by atoms with Crippen LogP contribution in [-0.4, -0.2) is 368 Å². The molecular weight excluding hydrogens is 1720 g/mol. The van der Waals surface area contributed by atoms with Gasteiger partial charge in [0.1, 0.15) is 144 Å². The van der Waals surface area contributed by atoms with Crippen LogP contribution in [0, 0.1) is 70.4 Å². The number of benzene rings is 1. The Morgan fingerprint density at radius 3 is 0.641 bits per heavy atom. The van der Waals surface area contributed by atoms with Gasteiger partial charge < -0.3 is 158 Å². The first-order valence-corrected chi connectivity index (χ1v) is 39.6. The van der Waals surface area contributed by atoms with Crippen LogP contribution in [-0.2, 0) is 138 Å². The molecule has 0 aromatic heterocycles. The lowest BCUT2D eigenvalue weighted by molar-refractivity contribution is -0.253. The average Bonchev–Trinajstić information content (AvgIpc) is 0.777. The zero-order chi connectivity index (χ0) is 99.0. The Morgan fingerprint density at radius 2 is 0.414 bits per heavy atom. The zero-order valence-corrected chi connectivity index (χ0v) is 74.5. The van der Waals surface area contributed by atoms with Crippen molar-refractivity contribution in [3.63, 3.8) is 0 Å². The van der Waals surface area contributed by atoms with E-state index in [1.165, 1.54) is 31.2 Å². The predicted molar refractivity (Wildman–Crippen MR) is 425 cm³/mol. The van der Waals surface area contributed by atoms with Crippen LogP contribution in [0.3, 0.4) is 0 Å². The lowest BCUT2D eigenvalue weighted by Crippen LogP contribution is -2.55. The van der Waals surface area contributed by atoms with Crippen molar-refractivity contribution in [2.75, 3.05) is 191 Å². The number of carbonyl (C=O) groups excluding carboxylic acids is 15. The maximum atomic E-state index is 15.5. The summed E-state index contributed by atoms with van der Waals surface area (Å²) in [6.07, 6.45) is -1.52. The van der Waals surface area contributed by atoms with Crippen molar-refractivity contribution in [3.8, 4) is 0 Å². The number of nitrogen functional groups attached to an aromatic ring is 1. The first-order valence-electron chi connectivity index (χ1n) is 39.6. The minimum absolute atomic E-state index is 0.138. The Balaban J connectivity index is 4.85. The van der Waals surface area contributed by atoms with E-state index in [1.807, 2.05) is 0 Å². The fourth-order valence-corrected chi connectivity index (χ4v) is 9.09. The van der Waals surface area contributed by atoms with Gasteiger partial charge in [-0.25, -0.2) is 14.4 Å². The molecule has 47 heteroatoms. The first-order chi connectivity index (χ1) is 59.3. The van der Waals surface area contributed by atoms with E-state index in [-0.39, 0.29) is 11.3 Å². The molecule has 1 aromatic rings. The summed E-state index contributed by atoms with van der Waals surface area (Å²) >= 11 is 0. The number of carbonyl (C=O) groups is 15. The lowest BCUT2D eigenvalue weighted by atomic mass is 9.86. The highest BCUT2D eigenvalue weighted by atomic mass is 16.8. The first kappa shape index (κ1) is 116. The molecule has 3 atom stereocenters. The Morgan fingerprint density at radius 1 is 0.227 bits per heavy atom. The molecule has 0 bridgehead atoms. The number of aliphatic hydroxyl groups is 16. The van der Waals surface area contributed by atoms with Crippen molar-refractivity contribution in [3.05, 3.63) is 29.8 Å². The summed E-state index contributed by atoms with van der Waals surface area (Å²) < 4.78 is 83.1. The van der Waals surface area contributed by atoms with Gasteiger partial charge in [0.15, 0.2) is 0 Å². The summed E-state index contributed by atoms with van der Waals surface area (Å²) in [5.74, 6) is -27.0. The summed E-state index contributed by atoms with van der Waals surface area (Å²) in [5, 5.41) is 161. The molecule has 0 fully saturated rings. The van der Waals surface area contributed by atoms with E-state index < -0.39 is 369 Å². The monoisotopic (exact) mass is 1850 g/mol. The van der Waals surface area contributed by atoms with Crippen LogP contribution in [0.1, 0.15) is 127 Å². The van der Waals surface area contributed by atoms with Crippen molar-refractivity contribution in [1.29, 1.82) is 0 Å². The average molecular weight is 1850 g/mol. The molecule has 0 amide bonds. The second kappa shape index (κ2) is 48.9. The fourth-order valence-electron chi connectivity index (χ4n) is 9.09. The van der Waals surface area contributed by atoms with Gasteiger partial charge in [-0.15, -0.1) is 0 Å². The van der Waals surface area contributed by atoms with Gasteiger partial charge in [0.05, 0.1) is 117 Å². The topological polar surface area (TPSA) is 744 Å². The summed E-state index contributed by atoms with van der Waals surface area (Å²) in [6, 6.07) is 4.92. The number of rotatable bonds is 60. The smallest absolute Gasteiger partial charge is 0.393 e. The maximum Gasteiger partial charge on any atom is 0.393 e. The fraction of sp³-hybridized carbons (Fsp3) is 0.741. The number of ether oxygens (including phenoxy) is 15. The molecule has 0 heterocycles. The summed E-state index contributed by atoms with van der Waals surface area (Å²) in [7, 11) is 0. The molecule has 0 aliphatic carbocycles. The minimum Gasteiger partial charge on any atom is -0.464 e. The SMILES string of the molecule is CCC(COC(=O)c1ccc(N)cc1)(COC(=O)C(C)(COC(=O)C(C)(COC(=O)C(C)(CO)CO)COC(=O)C(C)(CO)CO)COC(=O)C(C)(COC(=O)C(C)(CO)CO)COC(=O)C(C)(CO)CO)COC(=O)C(C)(COC(=O)C(C)(COC(=O)C(C)(CO)CO)OC(=O)C(C)(CO)CO)COC(=O)C(CC)(OC(=O)C(C)(CO)CO)OC(=O)C(C)(CO)CO. The molecule has 0 radical (unpaired) electrons. The highest BCUT2D eigenvalue weighted by molar-refractivity contribution is 5.91. The van der Waals surface area contributed by atoms with Gasteiger partial charge in [-0.05, 0) is 121 Å². The molecule has 128 heavy (non-hydrogen) atoms. The van der Waals surface area contributed by atoms with Crippen molar-refractivity contribution in [2.45, 2.75) is 128 Å². The third-order valence-electron chi connectivity index (χ3n) is 21.6. The van der Waals surface area contributed by atoms with E-state index in [4.69, 9.17) is 76.8 Å².